The topological polar surface area (TPSA) is 161 Å². The van der Waals surface area contributed by atoms with E-state index in [1.165, 1.54) is 6.08 Å². The summed E-state index contributed by atoms with van der Waals surface area (Å²) in [5.74, 6) is -0.662. The summed E-state index contributed by atoms with van der Waals surface area (Å²) in [5, 5.41) is 49.5. The van der Waals surface area contributed by atoms with Gasteiger partial charge in [-0.15, -0.1) is 5.10 Å². The highest BCUT2D eigenvalue weighted by Crippen LogP contribution is 2.28. The molecule has 2 aliphatic rings. The fourth-order valence-electron chi connectivity index (χ4n) is 2.36. The molecule has 0 aromatic heterocycles. The lowest BCUT2D eigenvalue weighted by Gasteiger charge is -2.30. The summed E-state index contributed by atoms with van der Waals surface area (Å²) >= 11 is 0. The monoisotopic (exact) mass is 310 g/mol. The van der Waals surface area contributed by atoms with Crippen LogP contribution < -0.4 is 11.1 Å². The molecule has 2 rings (SSSR count). The summed E-state index contributed by atoms with van der Waals surface area (Å²) in [6.07, 6.45) is -0.899. The number of amides is 1. The summed E-state index contributed by atoms with van der Waals surface area (Å²) in [6.45, 7) is -0.00864. The van der Waals surface area contributed by atoms with E-state index in [0.29, 0.717) is 11.1 Å². The predicted molar refractivity (Wildman–Crippen MR) is 78.1 cm³/mol. The molecule has 0 spiro atoms. The Hall–Kier alpha value is -2.23. The highest BCUT2D eigenvalue weighted by Gasteiger charge is 2.31. The number of hydrogen-bond donors (Lipinski definition) is 6. The lowest BCUT2D eigenvalue weighted by atomic mass is 9.87. The number of hydrogen-bond acceptors (Lipinski definition) is 7. The molecule has 3 unspecified atom stereocenters. The van der Waals surface area contributed by atoms with Crippen molar-refractivity contribution in [1.29, 1.82) is 0 Å². The fraction of sp³-hybridized carbons (Fsp3) is 0.462. The smallest absolute Gasteiger partial charge is 0.261 e. The zero-order chi connectivity index (χ0) is 16.3. The van der Waals surface area contributed by atoms with E-state index in [4.69, 9.17) is 5.73 Å². The minimum absolute atomic E-state index is 0.00227. The molecule has 0 saturated carbocycles. The van der Waals surface area contributed by atoms with Crippen LogP contribution in [0.1, 0.15) is 12.8 Å². The standard InChI is InChI=1S/C13H18N4O5/c14-11(22)5-16-17-13-12-6(1-7(18)3-9(12)20)2-8(19)10(21)4-15-13/h1,5,8-10,18-21H,2-4H2,(H2,14,22)(H,15,17)/b16-5+. The van der Waals surface area contributed by atoms with Crippen molar-refractivity contribution in [2.24, 2.45) is 15.9 Å². The molecule has 1 heterocycles. The Morgan fingerprint density at radius 1 is 1.32 bits per heavy atom. The quantitative estimate of drug-likeness (QED) is 0.257. The molecular weight excluding hydrogens is 292 g/mol. The van der Waals surface area contributed by atoms with Crippen LogP contribution in [0.3, 0.4) is 0 Å². The normalized spacial score (nSPS) is 31.3. The number of nitrogens with zero attached hydrogens (tertiary/aromatic N) is 2. The number of β-amino-alcohol motifs (C(OH)–C–C–N with tert-alkyl or cyclic N) is 1. The molecular formula is C13H18N4O5. The van der Waals surface area contributed by atoms with E-state index in [0.717, 1.165) is 6.21 Å². The van der Waals surface area contributed by atoms with Gasteiger partial charge in [0, 0.05) is 25.0 Å². The van der Waals surface area contributed by atoms with Crippen LogP contribution in [-0.2, 0) is 4.79 Å². The fourth-order valence-corrected chi connectivity index (χ4v) is 2.36. The molecule has 0 aromatic carbocycles. The van der Waals surface area contributed by atoms with Crippen molar-refractivity contribution >= 4 is 18.0 Å². The third-order valence-corrected chi connectivity index (χ3v) is 3.37. The summed E-state index contributed by atoms with van der Waals surface area (Å²) in [7, 11) is 0. The molecule has 120 valence electrons. The van der Waals surface area contributed by atoms with Crippen molar-refractivity contribution in [3.05, 3.63) is 23.0 Å². The second-order valence-corrected chi connectivity index (χ2v) is 5.11. The van der Waals surface area contributed by atoms with E-state index in [2.05, 4.69) is 15.5 Å². The van der Waals surface area contributed by atoms with Gasteiger partial charge in [-0.05, 0) is 11.6 Å². The second-order valence-electron chi connectivity index (χ2n) is 5.11. The van der Waals surface area contributed by atoms with Gasteiger partial charge in [-0.1, -0.05) is 0 Å². The van der Waals surface area contributed by atoms with Crippen LogP contribution in [-0.4, -0.2) is 63.2 Å². The molecule has 1 aliphatic carbocycles. The van der Waals surface area contributed by atoms with E-state index < -0.39 is 24.2 Å². The number of carbonyl (C=O) groups is 1. The van der Waals surface area contributed by atoms with Crippen molar-refractivity contribution in [3.8, 4) is 0 Å². The number of rotatable bonds is 2. The number of aliphatic hydroxyl groups is 4. The molecule has 0 fully saturated rings. The van der Waals surface area contributed by atoms with Crippen LogP contribution in [0, 0.1) is 0 Å². The highest BCUT2D eigenvalue weighted by molar-refractivity contribution is 6.25. The Balaban J connectivity index is 2.45. The first-order chi connectivity index (χ1) is 10.4. The van der Waals surface area contributed by atoms with Crippen LogP contribution in [0.15, 0.2) is 33.2 Å². The van der Waals surface area contributed by atoms with Crippen LogP contribution in [0.2, 0.25) is 0 Å². The average Bonchev–Trinajstić information content (AvgIpc) is 2.41. The molecule has 9 nitrogen and oxygen atoms in total. The lowest BCUT2D eigenvalue weighted by Crippen LogP contribution is -2.44. The zero-order valence-electron chi connectivity index (χ0n) is 11.7. The van der Waals surface area contributed by atoms with Gasteiger partial charge in [-0.25, -0.2) is 0 Å². The number of aliphatic hydroxyl groups excluding tert-OH is 4. The zero-order valence-corrected chi connectivity index (χ0v) is 11.7. The van der Waals surface area contributed by atoms with Crippen LogP contribution >= 0.6 is 0 Å². The Morgan fingerprint density at radius 2 is 2.05 bits per heavy atom. The van der Waals surface area contributed by atoms with Gasteiger partial charge in [0.15, 0.2) is 5.84 Å². The van der Waals surface area contributed by atoms with E-state index >= 15 is 0 Å². The molecule has 0 saturated heterocycles. The predicted octanol–water partition coefficient (Wildman–Crippen LogP) is -1.93. The summed E-state index contributed by atoms with van der Waals surface area (Å²) < 4.78 is 0. The number of allylic oxidation sites excluding steroid dienone is 1. The van der Waals surface area contributed by atoms with E-state index in [1.54, 1.807) is 0 Å². The van der Waals surface area contributed by atoms with Gasteiger partial charge in [0.2, 0.25) is 0 Å². The highest BCUT2D eigenvalue weighted by atomic mass is 16.3. The first kappa shape index (κ1) is 16.1. The largest absolute Gasteiger partial charge is 0.512 e. The first-order valence-corrected chi connectivity index (χ1v) is 6.70. The van der Waals surface area contributed by atoms with Gasteiger partial charge in [0.25, 0.3) is 5.91 Å². The molecule has 0 bridgehead atoms. The molecule has 1 amide bonds. The third kappa shape index (κ3) is 3.70. The number of carbonyl (C=O) groups excluding carboxylic acids is 1. The maximum Gasteiger partial charge on any atom is 0.261 e. The van der Waals surface area contributed by atoms with Crippen molar-refractivity contribution in [2.75, 3.05) is 6.54 Å². The van der Waals surface area contributed by atoms with Crippen LogP contribution in [0.25, 0.3) is 0 Å². The lowest BCUT2D eigenvalue weighted by molar-refractivity contribution is -0.111. The van der Waals surface area contributed by atoms with Crippen LogP contribution in [0.5, 0.6) is 0 Å². The molecule has 0 radical (unpaired) electrons. The number of nitrogens with two attached hydrogens (primary N) is 1. The molecule has 0 aromatic rings. The van der Waals surface area contributed by atoms with Gasteiger partial charge < -0.3 is 31.5 Å². The van der Waals surface area contributed by atoms with E-state index in [9.17, 15) is 25.2 Å². The maximum absolute atomic E-state index is 10.7. The molecule has 1 aliphatic heterocycles. The Kier molecular flexibility index (Phi) is 4.91. The number of amidine groups is 1. The molecule has 7 N–H and O–H groups in total. The summed E-state index contributed by atoms with van der Waals surface area (Å²) in [4.78, 5) is 10.7. The van der Waals surface area contributed by atoms with Gasteiger partial charge in [0.1, 0.15) is 6.21 Å². The number of nitrogens with one attached hydrogen (secondary N) is 1. The summed E-state index contributed by atoms with van der Waals surface area (Å²) in [6, 6.07) is 0. The Labute approximate surface area is 126 Å². The van der Waals surface area contributed by atoms with E-state index in [1.807, 2.05) is 0 Å². The summed E-state index contributed by atoms with van der Waals surface area (Å²) in [5.41, 5.74) is 5.71. The SMILES string of the molecule is NC(=O)/C=N/N=C1\NCC(O)C(O)CC2=C1C(O)CC(O)=C2. The van der Waals surface area contributed by atoms with Crippen molar-refractivity contribution < 1.29 is 25.2 Å². The molecule has 3 atom stereocenters. The van der Waals surface area contributed by atoms with Crippen molar-refractivity contribution in [1.82, 2.24) is 5.32 Å². The van der Waals surface area contributed by atoms with Gasteiger partial charge >= 0.3 is 0 Å². The Morgan fingerprint density at radius 3 is 2.73 bits per heavy atom. The van der Waals surface area contributed by atoms with Crippen molar-refractivity contribution in [2.45, 2.75) is 31.2 Å². The average molecular weight is 310 g/mol. The van der Waals surface area contributed by atoms with E-state index in [-0.39, 0.29) is 31.0 Å². The molecule has 22 heavy (non-hydrogen) atoms. The van der Waals surface area contributed by atoms with Gasteiger partial charge in [0.05, 0.1) is 24.1 Å². The van der Waals surface area contributed by atoms with Crippen LogP contribution in [0.4, 0.5) is 0 Å². The minimum Gasteiger partial charge on any atom is -0.512 e. The molecule has 9 heteroatoms. The van der Waals surface area contributed by atoms with Gasteiger partial charge in [-0.2, -0.15) is 5.10 Å². The van der Waals surface area contributed by atoms with Gasteiger partial charge in [-0.3, -0.25) is 4.79 Å². The number of primary amides is 1. The third-order valence-electron chi connectivity index (χ3n) is 3.37. The minimum atomic E-state index is -1.06. The Bertz CT molecular complexity index is 581. The first-order valence-electron chi connectivity index (χ1n) is 6.70. The maximum atomic E-state index is 10.7. The second kappa shape index (κ2) is 6.69. The van der Waals surface area contributed by atoms with Crippen molar-refractivity contribution in [3.63, 3.8) is 0 Å².